The summed E-state index contributed by atoms with van der Waals surface area (Å²) in [6, 6.07) is 43.1. The fraction of sp³-hybridized carbons (Fsp3) is 0. The molecule has 9 aromatic rings. The van der Waals surface area contributed by atoms with E-state index in [4.69, 9.17) is 9.40 Å². The minimum Gasteiger partial charge on any atom is -0.455 e. The molecule has 0 N–H and O–H groups in total. The van der Waals surface area contributed by atoms with E-state index in [0.29, 0.717) is 0 Å². The predicted octanol–water partition coefficient (Wildman–Crippen LogP) is 10.3. The second kappa shape index (κ2) is 8.48. The van der Waals surface area contributed by atoms with Crippen molar-refractivity contribution in [2.75, 3.05) is 0 Å². The molecule has 0 aliphatic heterocycles. The van der Waals surface area contributed by atoms with Gasteiger partial charge in [0.2, 0.25) is 0 Å². The van der Waals surface area contributed by atoms with Crippen molar-refractivity contribution >= 4 is 65.3 Å². The highest BCUT2D eigenvalue weighted by Gasteiger charge is 2.16. The predicted molar refractivity (Wildman–Crippen MR) is 170 cm³/mol. The van der Waals surface area contributed by atoms with Gasteiger partial charge in [-0.25, -0.2) is 0 Å². The summed E-state index contributed by atoms with van der Waals surface area (Å²) in [4.78, 5) is 9.41. The van der Waals surface area contributed by atoms with E-state index in [0.717, 1.165) is 49.3 Å². The number of hydrogen-bond donors (Lipinski definition) is 0. The molecule has 3 nitrogen and oxygen atoms in total. The van der Waals surface area contributed by atoms with E-state index >= 15 is 0 Å². The number of benzene rings is 7. The first kappa shape index (κ1) is 22.3. The van der Waals surface area contributed by atoms with Crippen molar-refractivity contribution in [3.63, 3.8) is 0 Å². The topological polar surface area (TPSA) is 38.9 Å². The van der Waals surface area contributed by atoms with Crippen molar-refractivity contribution in [1.82, 2.24) is 9.97 Å². The Balaban J connectivity index is 1.30. The van der Waals surface area contributed by atoms with Crippen LogP contribution in [0.15, 0.2) is 138 Å². The van der Waals surface area contributed by atoms with Gasteiger partial charge in [-0.05, 0) is 50.4 Å². The van der Waals surface area contributed by atoms with Gasteiger partial charge in [-0.15, -0.1) is 0 Å². The lowest BCUT2D eigenvalue weighted by Crippen LogP contribution is -1.90. The Morgan fingerprint density at radius 3 is 1.78 bits per heavy atom. The smallest absolute Gasteiger partial charge is 0.143 e. The molecule has 0 bridgehead atoms. The summed E-state index contributed by atoms with van der Waals surface area (Å²) in [5.74, 6) is 0. The maximum atomic E-state index is 6.41. The fourth-order valence-electron chi connectivity index (χ4n) is 6.55. The summed E-state index contributed by atoms with van der Waals surface area (Å²) in [7, 11) is 0. The molecule has 9 rings (SSSR count). The van der Waals surface area contributed by atoms with Crippen LogP contribution < -0.4 is 0 Å². The summed E-state index contributed by atoms with van der Waals surface area (Å²) in [5, 5.41) is 9.32. The van der Waals surface area contributed by atoms with E-state index < -0.39 is 0 Å². The highest BCUT2D eigenvalue weighted by Crippen LogP contribution is 2.41. The molecule has 3 heteroatoms. The van der Waals surface area contributed by atoms with E-state index in [-0.39, 0.29) is 0 Å². The van der Waals surface area contributed by atoms with Gasteiger partial charge in [-0.1, -0.05) is 109 Å². The van der Waals surface area contributed by atoms with Gasteiger partial charge in [0.1, 0.15) is 11.2 Å². The Hall–Kier alpha value is -5.54. The number of furan rings is 1. The molecular weight excluding hydrogens is 500 g/mol. The highest BCUT2D eigenvalue weighted by atomic mass is 16.3. The van der Waals surface area contributed by atoms with Crippen molar-refractivity contribution in [3.8, 4) is 22.3 Å². The van der Waals surface area contributed by atoms with Crippen LogP contribution in [-0.4, -0.2) is 9.97 Å². The first-order valence-electron chi connectivity index (χ1n) is 13.8. The third kappa shape index (κ3) is 3.20. The quantitative estimate of drug-likeness (QED) is 0.212. The molecule has 41 heavy (non-hydrogen) atoms. The molecular formula is C38H22N2O. The average Bonchev–Trinajstić information content (AvgIpc) is 3.43. The molecule has 7 aromatic carbocycles. The van der Waals surface area contributed by atoms with Crippen LogP contribution in [0.5, 0.6) is 0 Å². The molecule has 0 saturated heterocycles. The summed E-state index contributed by atoms with van der Waals surface area (Å²) < 4.78 is 6.41. The van der Waals surface area contributed by atoms with Crippen molar-refractivity contribution in [2.24, 2.45) is 0 Å². The van der Waals surface area contributed by atoms with Gasteiger partial charge >= 0.3 is 0 Å². The monoisotopic (exact) mass is 522 g/mol. The van der Waals surface area contributed by atoms with Crippen molar-refractivity contribution in [3.05, 3.63) is 134 Å². The van der Waals surface area contributed by atoms with Crippen LogP contribution in [0, 0.1) is 0 Å². The zero-order valence-electron chi connectivity index (χ0n) is 22.0. The first-order valence-corrected chi connectivity index (χ1v) is 13.8. The molecule has 0 aliphatic carbocycles. The van der Waals surface area contributed by atoms with Gasteiger partial charge in [0, 0.05) is 39.5 Å². The van der Waals surface area contributed by atoms with Gasteiger partial charge < -0.3 is 4.42 Å². The standard InChI is InChI=1S/C38H22N2O/c1-2-10-30-28(8-1)34-22-23(18-19-31(34)37-36(30)39-20-21-40-37)24-11-5-13-26-25(24)12-6-14-27(26)32-15-7-16-33-29-9-3-4-17-35(29)41-38(32)33/h1-22H. The van der Waals surface area contributed by atoms with Crippen LogP contribution in [-0.2, 0) is 0 Å². The first-order chi connectivity index (χ1) is 20.3. The molecule has 2 heterocycles. The average molecular weight is 523 g/mol. The Labute approximate surface area is 235 Å². The minimum atomic E-state index is 0.913. The summed E-state index contributed by atoms with van der Waals surface area (Å²) >= 11 is 0. The van der Waals surface area contributed by atoms with E-state index in [1.54, 1.807) is 12.4 Å². The molecule has 0 unspecified atom stereocenters. The number of para-hydroxylation sites is 2. The molecule has 0 saturated carbocycles. The number of aromatic nitrogens is 2. The SMILES string of the molecule is c1ccc2c(c1)oc1c(-c3cccc4c(-c5ccc6c(c5)c5ccccc5c5nccnc65)cccc34)cccc12. The van der Waals surface area contributed by atoms with Gasteiger partial charge in [0.15, 0.2) is 0 Å². The Kier molecular flexibility index (Phi) is 4.61. The Morgan fingerprint density at radius 2 is 0.976 bits per heavy atom. The lowest BCUT2D eigenvalue weighted by Gasteiger charge is -2.14. The molecule has 2 aromatic heterocycles. The van der Waals surface area contributed by atoms with Crippen LogP contribution in [0.1, 0.15) is 0 Å². The largest absolute Gasteiger partial charge is 0.455 e. The number of rotatable bonds is 2. The van der Waals surface area contributed by atoms with E-state index in [1.165, 1.54) is 38.2 Å². The third-order valence-electron chi connectivity index (χ3n) is 8.37. The van der Waals surface area contributed by atoms with E-state index in [9.17, 15) is 0 Å². The van der Waals surface area contributed by atoms with Crippen molar-refractivity contribution in [1.29, 1.82) is 0 Å². The second-order valence-electron chi connectivity index (χ2n) is 10.5. The molecule has 190 valence electrons. The van der Waals surface area contributed by atoms with Gasteiger partial charge in [-0.2, -0.15) is 0 Å². The lowest BCUT2D eigenvalue weighted by atomic mass is 9.90. The molecule has 0 atom stereocenters. The normalized spacial score (nSPS) is 11.9. The van der Waals surface area contributed by atoms with E-state index in [2.05, 4.69) is 114 Å². The maximum Gasteiger partial charge on any atom is 0.143 e. The van der Waals surface area contributed by atoms with Crippen molar-refractivity contribution in [2.45, 2.75) is 0 Å². The van der Waals surface area contributed by atoms with Crippen LogP contribution in [0.2, 0.25) is 0 Å². The minimum absolute atomic E-state index is 0.913. The molecule has 0 spiro atoms. The molecule has 0 amide bonds. The third-order valence-corrected chi connectivity index (χ3v) is 8.37. The lowest BCUT2D eigenvalue weighted by molar-refractivity contribution is 0.670. The van der Waals surface area contributed by atoms with Gasteiger partial charge in [-0.3, -0.25) is 9.97 Å². The Morgan fingerprint density at radius 1 is 0.390 bits per heavy atom. The maximum absolute atomic E-state index is 6.41. The number of nitrogens with zero attached hydrogens (tertiary/aromatic N) is 2. The van der Waals surface area contributed by atoms with Crippen LogP contribution >= 0.6 is 0 Å². The summed E-state index contributed by atoms with van der Waals surface area (Å²) in [6.45, 7) is 0. The fourth-order valence-corrected chi connectivity index (χ4v) is 6.55. The van der Waals surface area contributed by atoms with Crippen LogP contribution in [0.3, 0.4) is 0 Å². The van der Waals surface area contributed by atoms with E-state index in [1.807, 2.05) is 12.1 Å². The number of fused-ring (bicyclic) bond motifs is 10. The zero-order valence-corrected chi connectivity index (χ0v) is 22.0. The highest BCUT2D eigenvalue weighted by molar-refractivity contribution is 6.24. The summed E-state index contributed by atoms with van der Waals surface area (Å²) in [5.41, 5.74) is 8.37. The van der Waals surface area contributed by atoms with Gasteiger partial charge in [0.05, 0.1) is 11.0 Å². The molecule has 0 aliphatic rings. The summed E-state index contributed by atoms with van der Waals surface area (Å²) in [6.07, 6.45) is 3.55. The Bertz CT molecular complexity index is 2450. The molecule has 0 fully saturated rings. The zero-order chi connectivity index (χ0) is 26.9. The van der Waals surface area contributed by atoms with Gasteiger partial charge in [0.25, 0.3) is 0 Å². The van der Waals surface area contributed by atoms with Crippen molar-refractivity contribution < 1.29 is 4.42 Å². The van der Waals surface area contributed by atoms with Crippen LogP contribution in [0.25, 0.3) is 87.5 Å². The second-order valence-corrected chi connectivity index (χ2v) is 10.5. The van der Waals surface area contributed by atoms with Crippen LogP contribution in [0.4, 0.5) is 0 Å². The number of hydrogen-bond acceptors (Lipinski definition) is 3. The molecule has 0 radical (unpaired) electrons.